The van der Waals surface area contributed by atoms with Crippen LogP contribution < -0.4 is 15.8 Å². The Morgan fingerprint density at radius 3 is 2.65 bits per heavy atom. The van der Waals surface area contributed by atoms with Crippen molar-refractivity contribution in [3.8, 4) is 11.4 Å². The zero-order valence-electron chi connectivity index (χ0n) is 16.3. The Labute approximate surface area is 182 Å². The second kappa shape index (κ2) is 8.92. The number of hydrogen-bond acceptors (Lipinski definition) is 6. The van der Waals surface area contributed by atoms with E-state index in [4.69, 9.17) is 11.6 Å². The fourth-order valence-corrected chi connectivity index (χ4v) is 3.36. The molecule has 0 bridgehead atoms. The van der Waals surface area contributed by atoms with Gasteiger partial charge >= 0.3 is 0 Å². The number of amides is 3. The quantitative estimate of drug-likeness (QED) is 0.582. The Morgan fingerprint density at radius 1 is 1.10 bits per heavy atom. The number of hydrogen-bond donors (Lipinski definition) is 2. The maximum Gasteiger partial charge on any atom is 0.269 e. The van der Waals surface area contributed by atoms with Gasteiger partial charge in [0.25, 0.3) is 11.8 Å². The van der Waals surface area contributed by atoms with Crippen molar-refractivity contribution in [1.29, 1.82) is 0 Å². The summed E-state index contributed by atoms with van der Waals surface area (Å²) in [4.78, 5) is 39.2. The molecule has 0 spiro atoms. The molecule has 0 aliphatic carbocycles. The van der Waals surface area contributed by atoms with Crippen LogP contribution in [-0.4, -0.2) is 44.5 Å². The average Bonchev–Trinajstić information content (AvgIpc) is 3.42. The molecule has 1 saturated heterocycles. The first-order valence-electron chi connectivity index (χ1n) is 9.53. The number of aromatic nitrogens is 4. The summed E-state index contributed by atoms with van der Waals surface area (Å²) in [6.07, 6.45) is 1.19. The molecule has 3 aromatic rings. The van der Waals surface area contributed by atoms with E-state index < -0.39 is 11.8 Å². The molecule has 2 heterocycles. The van der Waals surface area contributed by atoms with E-state index in [9.17, 15) is 14.4 Å². The van der Waals surface area contributed by atoms with E-state index in [1.807, 2.05) is 30.3 Å². The van der Waals surface area contributed by atoms with Crippen LogP contribution in [0.3, 0.4) is 0 Å². The summed E-state index contributed by atoms with van der Waals surface area (Å²) in [6.45, 7) is 0.324. The van der Waals surface area contributed by atoms with E-state index in [-0.39, 0.29) is 18.0 Å². The van der Waals surface area contributed by atoms with Crippen molar-refractivity contribution in [1.82, 2.24) is 31.1 Å². The number of nitrogens with zero attached hydrogens (tertiary/aromatic N) is 5. The van der Waals surface area contributed by atoms with Crippen molar-refractivity contribution in [2.24, 2.45) is 0 Å². The van der Waals surface area contributed by atoms with Crippen LogP contribution in [0.5, 0.6) is 0 Å². The predicted molar refractivity (Wildman–Crippen MR) is 112 cm³/mol. The summed E-state index contributed by atoms with van der Waals surface area (Å²) in [6, 6.07) is 13.8. The van der Waals surface area contributed by atoms with E-state index >= 15 is 0 Å². The number of carbonyl (C=O) groups excluding carboxylic acids is 3. The third-order valence-electron chi connectivity index (χ3n) is 4.66. The fourth-order valence-electron chi connectivity index (χ4n) is 3.14. The second-order valence-electron chi connectivity index (χ2n) is 6.83. The Balaban J connectivity index is 1.35. The van der Waals surface area contributed by atoms with Gasteiger partial charge in [-0.15, -0.1) is 10.2 Å². The van der Waals surface area contributed by atoms with E-state index in [1.54, 1.807) is 11.0 Å². The maximum absolute atomic E-state index is 12.4. The van der Waals surface area contributed by atoms with Crippen LogP contribution >= 0.6 is 11.6 Å². The molecule has 2 aromatic carbocycles. The molecule has 10 nitrogen and oxygen atoms in total. The van der Waals surface area contributed by atoms with Gasteiger partial charge in [0.1, 0.15) is 6.54 Å². The maximum atomic E-state index is 12.4. The third kappa shape index (κ3) is 4.69. The number of anilines is 1. The van der Waals surface area contributed by atoms with Crippen LogP contribution in [0.2, 0.25) is 5.02 Å². The van der Waals surface area contributed by atoms with Gasteiger partial charge in [-0.1, -0.05) is 41.9 Å². The van der Waals surface area contributed by atoms with Crippen LogP contribution in [0.1, 0.15) is 23.2 Å². The van der Waals surface area contributed by atoms with E-state index in [1.165, 1.54) is 12.1 Å². The van der Waals surface area contributed by atoms with Crippen molar-refractivity contribution >= 4 is 35.0 Å². The summed E-state index contributed by atoms with van der Waals surface area (Å²) in [7, 11) is 0. The lowest BCUT2D eigenvalue weighted by Gasteiger charge is -2.18. The SMILES string of the molecule is O=C(Cn1nnc(-c2ccccc2)n1)NNC(=O)c1ccc(Cl)c(N2CCCC2=O)c1. The molecule has 2 N–H and O–H groups in total. The molecule has 158 valence electrons. The Hall–Kier alpha value is -3.79. The predicted octanol–water partition coefficient (Wildman–Crippen LogP) is 1.58. The summed E-state index contributed by atoms with van der Waals surface area (Å²) >= 11 is 6.19. The number of nitrogens with one attached hydrogen (secondary N) is 2. The Bertz CT molecular complexity index is 1130. The molecule has 1 fully saturated rings. The first-order valence-corrected chi connectivity index (χ1v) is 9.91. The highest BCUT2D eigenvalue weighted by atomic mass is 35.5. The minimum atomic E-state index is -0.547. The van der Waals surface area contributed by atoms with Gasteiger partial charge in [0.15, 0.2) is 0 Å². The first kappa shape index (κ1) is 20.5. The number of carbonyl (C=O) groups is 3. The van der Waals surface area contributed by atoms with E-state index in [0.717, 1.165) is 16.8 Å². The summed E-state index contributed by atoms with van der Waals surface area (Å²) in [5, 5.41) is 12.3. The summed E-state index contributed by atoms with van der Waals surface area (Å²) in [5.41, 5.74) is 6.15. The molecule has 31 heavy (non-hydrogen) atoms. The largest absolute Gasteiger partial charge is 0.311 e. The van der Waals surface area contributed by atoms with Crippen LogP contribution in [0.4, 0.5) is 5.69 Å². The molecule has 1 aliphatic rings. The third-order valence-corrected chi connectivity index (χ3v) is 4.98. The zero-order chi connectivity index (χ0) is 21.8. The van der Waals surface area contributed by atoms with Gasteiger partial charge in [0.05, 0.1) is 10.7 Å². The van der Waals surface area contributed by atoms with Crippen molar-refractivity contribution in [3.63, 3.8) is 0 Å². The van der Waals surface area contributed by atoms with Gasteiger partial charge < -0.3 is 4.90 Å². The van der Waals surface area contributed by atoms with Crippen LogP contribution in [0.25, 0.3) is 11.4 Å². The first-order chi connectivity index (χ1) is 15.0. The highest BCUT2D eigenvalue weighted by Gasteiger charge is 2.24. The van der Waals surface area contributed by atoms with Gasteiger partial charge in [-0.2, -0.15) is 4.80 Å². The van der Waals surface area contributed by atoms with Crippen LogP contribution in [0, 0.1) is 0 Å². The molecular weight excluding hydrogens is 422 g/mol. The van der Waals surface area contributed by atoms with E-state index in [2.05, 4.69) is 26.3 Å². The molecule has 0 radical (unpaired) electrons. The topological polar surface area (TPSA) is 122 Å². The number of hydrazine groups is 1. The Morgan fingerprint density at radius 2 is 1.90 bits per heavy atom. The second-order valence-corrected chi connectivity index (χ2v) is 7.23. The molecular formula is C20H18ClN7O3. The molecule has 1 aromatic heterocycles. The number of benzene rings is 2. The molecule has 0 unspecified atom stereocenters. The summed E-state index contributed by atoms with van der Waals surface area (Å²) < 4.78 is 0. The van der Waals surface area contributed by atoms with Gasteiger partial charge in [-0.3, -0.25) is 25.2 Å². The highest BCUT2D eigenvalue weighted by Crippen LogP contribution is 2.30. The van der Waals surface area contributed by atoms with Gasteiger partial charge in [0.2, 0.25) is 11.7 Å². The Kier molecular flexibility index (Phi) is 5.89. The lowest BCUT2D eigenvalue weighted by molar-refractivity contribution is -0.122. The van der Waals surface area contributed by atoms with E-state index in [0.29, 0.717) is 29.5 Å². The standard InChI is InChI=1S/C20H18ClN7O3/c21-15-9-8-14(11-16(15)27-10-4-7-18(27)30)20(31)24-22-17(29)12-28-25-19(23-26-28)13-5-2-1-3-6-13/h1-3,5-6,8-9,11H,4,7,10,12H2,(H,22,29)(H,24,31). The molecule has 11 heteroatoms. The van der Waals surface area contributed by atoms with Crippen LogP contribution in [-0.2, 0) is 16.1 Å². The monoisotopic (exact) mass is 439 g/mol. The number of tetrazole rings is 1. The van der Waals surface area contributed by atoms with Crippen molar-refractivity contribution < 1.29 is 14.4 Å². The molecule has 1 aliphatic heterocycles. The number of halogens is 1. The van der Waals surface area contributed by atoms with Crippen molar-refractivity contribution in [3.05, 3.63) is 59.1 Å². The van der Waals surface area contributed by atoms with Crippen molar-refractivity contribution in [2.75, 3.05) is 11.4 Å². The number of rotatable bonds is 5. The fraction of sp³-hybridized carbons (Fsp3) is 0.200. The molecule has 0 saturated carbocycles. The summed E-state index contributed by atoms with van der Waals surface area (Å²) in [5.74, 6) is -0.728. The highest BCUT2D eigenvalue weighted by molar-refractivity contribution is 6.34. The normalized spacial score (nSPS) is 13.3. The van der Waals surface area contributed by atoms with Gasteiger partial charge in [0, 0.05) is 24.1 Å². The molecule has 3 amide bonds. The zero-order valence-corrected chi connectivity index (χ0v) is 17.0. The minimum absolute atomic E-state index is 0.0389. The average molecular weight is 440 g/mol. The lowest BCUT2D eigenvalue weighted by atomic mass is 10.2. The van der Waals surface area contributed by atoms with Gasteiger partial charge in [-0.05, 0) is 29.8 Å². The molecule has 4 rings (SSSR count). The minimum Gasteiger partial charge on any atom is -0.311 e. The molecule has 0 atom stereocenters. The van der Waals surface area contributed by atoms with Crippen LogP contribution in [0.15, 0.2) is 48.5 Å². The van der Waals surface area contributed by atoms with Gasteiger partial charge in [-0.25, -0.2) is 0 Å². The van der Waals surface area contributed by atoms with Crippen molar-refractivity contribution in [2.45, 2.75) is 19.4 Å². The smallest absolute Gasteiger partial charge is 0.269 e. The lowest BCUT2D eigenvalue weighted by Crippen LogP contribution is -2.43.